The summed E-state index contributed by atoms with van der Waals surface area (Å²) >= 11 is 12.5. The van der Waals surface area contributed by atoms with Crippen molar-refractivity contribution in [2.45, 2.75) is 38.0 Å². The molecule has 118 valence electrons. The molecule has 1 N–H and O–H groups in total. The fraction of sp³-hybridized carbons (Fsp3) is 0.647. The van der Waals surface area contributed by atoms with Gasteiger partial charge >= 0.3 is 0 Å². The van der Waals surface area contributed by atoms with Gasteiger partial charge in [0.2, 0.25) is 0 Å². The Morgan fingerprint density at radius 3 is 2.67 bits per heavy atom. The maximum absolute atomic E-state index is 6.45. The molecule has 0 aliphatic heterocycles. The van der Waals surface area contributed by atoms with Crippen LogP contribution in [0.25, 0.3) is 0 Å². The van der Waals surface area contributed by atoms with Crippen LogP contribution in [0.3, 0.4) is 0 Å². The molecule has 1 saturated carbocycles. The second-order valence-electron chi connectivity index (χ2n) is 5.87. The first-order valence-electron chi connectivity index (χ1n) is 7.87. The Kier molecular flexibility index (Phi) is 7.31. The highest BCUT2D eigenvalue weighted by atomic mass is 35.5. The number of methoxy groups -OCH3 is 1. The Bertz CT molecular complexity index is 433. The SMILES string of the molecule is COCCNCC(c1ccc(Cl)cc1Cl)C1CCCCC1. The molecule has 1 aromatic rings. The average Bonchev–Trinajstić information content (AvgIpc) is 2.49. The molecule has 1 aromatic carbocycles. The lowest BCUT2D eigenvalue weighted by atomic mass is 9.76. The maximum atomic E-state index is 6.45. The molecular formula is C17H25Cl2NO. The number of halogens is 2. The molecule has 1 aliphatic rings. The lowest BCUT2D eigenvalue weighted by Crippen LogP contribution is -2.30. The van der Waals surface area contributed by atoms with E-state index in [1.807, 2.05) is 12.1 Å². The second-order valence-corrected chi connectivity index (χ2v) is 6.71. The first-order chi connectivity index (χ1) is 10.2. The fourth-order valence-electron chi connectivity index (χ4n) is 3.30. The van der Waals surface area contributed by atoms with Crippen LogP contribution in [-0.4, -0.2) is 26.8 Å². The monoisotopic (exact) mass is 329 g/mol. The maximum Gasteiger partial charge on any atom is 0.0587 e. The molecule has 1 unspecified atom stereocenters. The van der Waals surface area contributed by atoms with E-state index in [9.17, 15) is 0 Å². The van der Waals surface area contributed by atoms with E-state index >= 15 is 0 Å². The van der Waals surface area contributed by atoms with Gasteiger partial charge in [-0.2, -0.15) is 0 Å². The highest BCUT2D eigenvalue weighted by Gasteiger charge is 2.26. The molecule has 0 aromatic heterocycles. The van der Waals surface area contributed by atoms with Gasteiger partial charge in [-0.25, -0.2) is 0 Å². The zero-order chi connectivity index (χ0) is 15.1. The third kappa shape index (κ3) is 5.14. The van der Waals surface area contributed by atoms with Crippen molar-refractivity contribution in [3.63, 3.8) is 0 Å². The molecular weight excluding hydrogens is 305 g/mol. The van der Waals surface area contributed by atoms with E-state index in [0.717, 1.165) is 24.7 Å². The molecule has 21 heavy (non-hydrogen) atoms. The lowest BCUT2D eigenvalue weighted by molar-refractivity contribution is 0.196. The third-order valence-electron chi connectivity index (χ3n) is 4.43. The van der Waals surface area contributed by atoms with Crippen molar-refractivity contribution in [3.8, 4) is 0 Å². The van der Waals surface area contributed by atoms with E-state index in [2.05, 4.69) is 11.4 Å². The standard InChI is InChI=1S/C17H25Cl2NO/c1-21-10-9-20-12-16(13-5-3-2-4-6-13)15-8-7-14(18)11-17(15)19/h7-8,11,13,16,20H,2-6,9-10,12H2,1H3. The van der Waals surface area contributed by atoms with Crippen LogP contribution >= 0.6 is 23.2 Å². The molecule has 0 radical (unpaired) electrons. The molecule has 4 heteroatoms. The quantitative estimate of drug-likeness (QED) is 0.719. The minimum absolute atomic E-state index is 0.465. The summed E-state index contributed by atoms with van der Waals surface area (Å²) in [5.41, 5.74) is 1.23. The molecule has 1 aliphatic carbocycles. The van der Waals surface area contributed by atoms with Gasteiger partial charge in [-0.3, -0.25) is 0 Å². The first-order valence-corrected chi connectivity index (χ1v) is 8.62. The minimum Gasteiger partial charge on any atom is -0.383 e. The molecule has 1 atom stereocenters. The first kappa shape index (κ1) is 17.1. The summed E-state index contributed by atoms with van der Waals surface area (Å²) in [5.74, 6) is 1.18. The Labute approximate surface area is 138 Å². The zero-order valence-corrected chi connectivity index (χ0v) is 14.2. The smallest absolute Gasteiger partial charge is 0.0587 e. The third-order valence-corrected chi connectivity index (χ3v) is 4.99. The van der Waals surface area contributed by atoms with Gasteiger partial charge in [0.05, 0.1) is 6.61 Å². The topological polar surface area (TPSA) is 21.3 Å². The fourth-order valence-corrected chi connectivity index (χ4v) is 3.85. The summed E-state index contributed by atoms with van der Waals surface area (Å²) in [4.78, 5) is 0. The average molecular weight is 330 g/mol. The molecule has 2 nitrogen and oxygen atoms in total. The summed E-state index contributed by atoms with van der Waals surface area (Å²) in [7, 11) is 1.73. The van der Waals surface area contributed by atoms with E-state index in [-0.39, 0.29) is 0 Å². The largest absolute Gasteiger partial charge is 0.383 e. The Balaban J connectivity index is 2.09. The van der Waals surface area contributed by atoms with Crippen LogP contribution in [-0.2, 0) is 4.74 Å². The minimum atomic E-state index is 0.465. The van der Waals surface area contributed by atoms with Gasteiger partial charge in [0, 0.05) is 36.2 Å². The lowest BCUT2D eigenvalue weighted by Gasteiger charge is -2.31. The van der Waals surface area contributed by atoms with Crippen LogP contribution in [0.5, 0.6) is 0 Å². The summed E-state index contributed by atoms with van der Waals surface area (Å²) in [6.07, 6.45) is 6.65. The van der Waals surface area contributed by atoms with Crippen LogP contribution in [0, 0.1) is 5.92 Å². The predicted octanol–water partition coefficient (Wildman–Crippen LogP) is 4.89. The summed E-state index contributed by atoms with van der Waals surface area (Å²) in [6, 6.07) is 5.92. The van der Waals surface area contributed by atoms with Crippen molar-refractivity contribution in [1.82, 2.24) is 5.32 Å². The summed E-state index contributed by atoms with van der Waals surface area (Å²) in [6.45, 7) is 2.58. The van der Waals surface area contributed by atoms with Gasteiger partial charge in [-0.05, 0) is 36.5 Å². The number of hydrogen-bond donors (Lipinski definition) is 1. The molecule has 1 fully saturated rings. The zero-order valence-electron chi connectivity index (χ0n) is 12.7. The van der Waals surface area contributed by atoms with Crippen LogP contribution in [0.1, 0.15) is 43.6 Å². The van der Waals surface area contributed by atoms with Crippen molar-refractivity contribution in [2.75, 3.05) is 26.8 Å². The molecule has 0 saturated heterocycles. The van der Waals surface area contributed by atoms with Gasteiger partial charge in [0.1, 0.15) is 0 Å². The Hall–Kier alpha value is -0.280. The predicted molar refractivity (Wildman–Crippen MR) is 90.5 cm³/mol. The van der Waals surface area contributed by atoms with Gasteiger partial charge in [-0.15, -0.1) is 0 Å². The van der Waals surface area contributed by atoms with E-state index < -0.39 is 0 Å². The van der Waals surface area contributed by atoms with Crippen LogP contribution in [0.15, 0.2) is 18.2 Å². The molecule has 0 spiro atoms. The molecule has 0 heterocycles. The number of benzene rings is 1. The van der Waals surface area contributed by atoms with E-state index in [1.165, 1.54) is 37.7 Å². The highest BCUT2D eigenvalue weighted by molar-refractivity contribution is 6.35. The molecule has 2 rings (SSSR count). The number of ether oxygens (including phenoxy) is 1. The van der Waals surface area contributed by atoms with Crippen molar-refractivity contribution < 1.29 is 4.74 Å². The second kappa shape index (κ2) is 8.99. The molecule has 0 amide bonds. The summed E-state index contributed by atoms with van der Waals surface area (Å²) < 4.78 is 5.11. The van der Waals surface area contributed by atoms with Gasteiger partial charge in [0.25, 0.3) is 0 Å². The van der Waals surface area contributed by atoms with Crippen LogP contribution < -0.4 is 5.32 Å². The molecule has 0 bridgehead atoms. The van der Waals surface area contributed by atoms with Crippen molar-refractivity contribution in [2.24, 2.45) is 5.92 Å². The van der Waals surface area contributed by atoms with Crippen molar-refractivity contribution in [1.29, 1.82) is 0 Å². The highest BCUT2D eigenvalue weighted by Crippen LogP contribution is 2.39. The summed E-state index contributed by atoms with van der Waals surface area (Å²) in [5, 5.41) is 5.01. The van der Waals surface area contributed by atoms with Crippen LogP contribution in [0.4, 0.5) is 0 Å². The Morgan fingerprint density at radius 2 is 2.00 bits per heavy atom. The number of rotatable bonds is 7. The van der Waals surface area contributed by atoms with E-state index in [4.69, 9.17) is 27.9 Å². The van der Waals surface area contributed by atoms with Crippen molar-refractivity contribution >= 4 is 23.2 Å². The van der Waals surface area contributed by atoms with Gasteiger partial charge < -0.3 is 10.1 Å². The van der Waals surface area contributed by atoms with Crippen molar-refractivity contribution in [3.05, 3.63) is 33.8 Å². The van der Waals surface area contributed by atoms with Gasteiger partial charge in [-0.1, -0.05) is 48.5 Å². The van der Waals surface area contributed by atoms with Crippen LogP contribution in [0.2, 0.25) is 10.0 Å². The normalized spacial score (nSPS) is 17.9. The van der Waals surface area contributed by atoms with E-state index in [1.54, 1.807) is 7.11 Å². The van der Waals surface area contributed by atoms with E-state index in [0.29, 0.717) is 16.9 Å². The number of nitrogens with one attached hydrogen (secondary N) is 1. The Morgan fingerprint density at radius 1 is 1.24 bits per heavy atom. The number of hydrogen-bond acceptors (Lipinski definition) is 2. The van der Waals surface area contributed by atoms with Gasteiger partial charge in [0.15, 0.2) is 0 Å².